The number of anilines is 1. The van der Waals surface area contributed by atoms with E-state index < -0.39 is 35.0 Å². The van der Waals surface area contributed by atoms with Crippen LogP contribution in [0.15, 0.2) is 49.6 Å². The summed E-state index contributed by atoms with van der Waals surface area (Å²) in [6, 6.07) is 6.19. The molecule has 1 aromatic carbocycles. The van der Waals surface area contributed by atoms with Crippen LogP contribution in [0.4, 0.5) is 5.69 Å². The SMILES string of the molecule is C=CCCOC(=O)[C@H]1[C@H]2C(=O)N(CCCCO)C(C(=O)N(CC=C)c3ccc(OC)cc3)C23CC[C@]1(C)O3. The summed E-state index contributed by atoms with van der Waals surface area (Å²) in [5.41, 5.74) is -1.40. The number of likely N-dealkylation sites (tertiary alicyclic amines) is 1. The van der Waals surface area contributed by atoms with Crippen LogP contribution in [0.3, 0.4) is 0 Å². The maximum Gasteiger partial charge on any atom is 0.312 e. The van der Waals surface area contributed by atoms with Gasteiger partial charge in [0.15, 0.2) is 0 Å². The Kier molecular flexibility index (Phi) is 8.28. The molecular weight excluding hydrogens is 488 g/mol. The fourth-order valence-electron chi connectivity index (χ4n) is 6.39. The van der Waals surface area contributed by atoms with Crippen molar-refractivity contribution in [1.82, 2.24) is 4.90 Å². The molecule has 2 unspecified atom stereocenters. The van der Waals surface area contributed by atoms with Crippen molar-refractivity contribution in [2.75, 3.05) is 38.3 Å². The van der Waals surface area contributed by atoms with E-state index in [1.807, 2.05) is 6.92 Å². The highest BCUT2D eigenvalue weighted by Crippen LogP contribution is 2.63. The minimum Gasteiger partial charge on any atom is -0.497 e. The Hall–Kier alpha value is -3.17. The van der Waals surface area contributed by atoms with Crippen LogP contribution in [-0.2, 0) is 23.9 Å². The van der Waals surface area contributed by atoms with E-state index in [-0.39, 0.29) is 38.1 Å². The third kappa shape index (κ3) is 4.62. The van der Waals surface area contributed by atoms with Crippen molar-refractivity contribution in [1.29, 1.82) is 0 Å². The quantitative estimate of drug-likeness (QED) is 0.239. The largest absolute Gasteiger partial charge is 0.497 e. The molecular formula is C29H38N2O7. The number of nitrogens with zero attached hydrogens (tertiary/aromatic N) is 2. The van der Waals surface area contributed by atoms with E-state index in [9.17, 15) is 19.5 Å². The van der Waals surface area contributed by atoms with Gasteiger partial charge in [-0.25, -0.2) is 0 Å². The van der Waals surface area contributed by atoms with E-state index in [0.717, 1.165) is 0 Å². The molecule has 0 aliphatic carbocycles. The first-order chi connectivity index (χ1) is 18.3. The number of unbranched alkanes of at least 4 members (excludes halogenated alkanes) is 1. The molecule has 38 heavy (non-hydrogen) atoms. The fraction of sp³-hybridized carbons (Fsp3) is 0.552. The van der Waals surface area contributed by atoms with E-state index in [0.29, 0.717) is 43.5 Å². The maximum absolute atomic E-state index is 14.4. The van der Waals surface area contributed by atoms with Crippen molar-refractivity contribution in [3.8, 4) is 5.75 Å². The topological polar surface area (TPSA) is 106 Å². The lowest BCUT2D eigenvalue weighted by Crippen LogP contribution is -2.56. The summed E-state index contributed by atoms with van der Waals surface area (Å²) in [5, 5.41) is 9.35. The molecule has 9 nitrogen and oxygen atoms in total. The number of hydrogen-bond acceptors (Lipinski definition) is 7. The van der Waals surface area contributed by atoms with Crippen molar-refractivity contribution in [3.63, 3.8) is 0 Å². The first-order valence-corrected chi connectivity index (χ1v) is 13.2. The first-order valence-electron chi connectivity index (χ1n) is 13.2. The molecule has 0 saturated carbocycles. The summed E-state index contributed by atoms with van der Waals surface area (Å²) < 4.78 is 17.4. The smallest absolute Gasteiger partial charge is 0.312 e. The Morgan fingerprint density at radius 2 is 1.95 bits per heavy atom. The van der Waals surface area contributed by atoms with E-state index in [2.05, 4.69) is 13.2 Å². The van der Waals surface area contributed by atoms with Crippen LogP contribution in [0, 0.1) is 11.8 Å². The number of rotatable bonds is 13. The van der Waals surface area contributed by atoms with Crippen LogP contribution in [0.25, 0.3) is 0 Å². The Bertz CT molecular complexity index is 1070. The van der Waals surface area contributed by atoms with E-state index >= 15 is 0 Å². The second-order valence-electron chi connectivity index (χ2n) is 10.4. The molecule has 3 heterocycles. The van der Waals surface area contributed by atoms with Gasteiger partial charge in [0.05, 0.1) is 25.2 Å². The van der Waals surface area contributed by atoms with Crippen LogP contribution in [-0.4, -0.2) is 78.4 Å². The van der Waals surface area contributed by atoms with Crippen LogP contribution >= 0.6 is 0 Å². The number of fused-ring (bicyclic) bond motifs is 1. The van der Waals surface area contributed by atoms with Crippen molar-refractivity contribution >= 4 is 23.5 Å². The van der Waals surface area contributed by atoms with Crippen molar-refractivity contribution in [2.45, 2.75) is 56.3 Å². The summed E-state index contributed by atoms with van der Waals surface area (Å²) in [6.45, 7) is 10.00. The number of benzene rings is 1. The summed E-state index contributed by atoms with van der Waals surface area (Å²) in [7, 11) is 1.57. The van der Waals surface area contributed by atoms with Gasteiger partial charge in [0.1, 0.15) is 23.3 Å². The summed E-state index contributed by atoms with van der Waals surface area (Å²) in [6.07, 6.45) is 5.83. The van der Waals surface area contributed by atoms with Crippen LogP contribution in [0.1, 0.15) is 39.0 Å². The highest BCUT2D eigenvalue weighted by molar-refractivity contribution is 6.04. The van der Waals surface area contributed by atoms with Gasteiger partial charge >= 0.3 is 5.97 Å². The Labute approximate surface area is 224 Å². The van der Waals surface area contributed by atoms with Gasteiger partial charge in [-0.2, -0.15) is 0 Å². The maximum atomic E-state index is 14.4. The molecule has 3 fully saturated rings. The normalized spacial score (nSPS) is 29.2. The zero-order chi connectivity index (χ0) is 27.5. The van der Waals surface area contributed by atoms with E-state index in [1.54, 1.807) is 53.3 Å². The lowest BCUT2D eigenvalue weighted by Gasteiger charge is -2.36. The minimum atomic E-state index is -1.14. The van der Waals surface area contributed by atoms with Crippen molar-refractivity contribution in [2.24, 2.45) is 11.8 Å². The van der Waals surface area contributed by atoms with Gasteiger partial charge in [-0.15, -0.1) is 13.2 Å². The van der Waals surface area contributed by atoms with Crippen LogP contribution in [0.2, 0.25) is 0 Å². The summed E-state index contributed by atoms with van der Waals surface area (Å²) in [5.74, 6) is -2.01. The Morgan fingerprint density at radius 3 is 2.58 bits per heavy atom. The molecule has 1 N–H and O–H groups in total. The lowest BCUT2D eigenvalue weighted by atomic mass is 9.66. The number of amides is 2. The molecule has 3 aliphatic heterocycles. The Morgan fingerprint density at radius 1 is 1.21 bits per heavy atom. The summed E-state index contributed by atoms with van der Waals surface area (Å²) >= 11 is 0. The van der Waals surface area contributed by atoms with E-state index in [1.165, 1.54) is 0 Å². The number of carbonyl (C=O) groups is 3. The molecule has 2 amide bonds. The van der Waals surface area contributed by atoms with Gasteiger partial charge in [-0.1, -0.05) is 12.2 Å². The number of hydrogen-bond donors (Lipinski definition) is 1. The second kappa shape index (κ2) is 11.3. The molecule has 206 valence electrons. The number of aliphatic hydroxyl groups is 1. The predicted octanol–water partition coefficient (Wildman–Crippen LogP) is 2.87. The second-order valence-corrected chi connectivity index (χ2v) is 10.4. The van der Waals surface area contributed by atoms with Crippen LogP contribution < -0.4 is 9.64 Å². The highest BCUT2D eigenvalue weighted by Gasteiger charge is 2.78. The molecule has 2 bridgehead atoms. The lowest BCUT2D eigenvalue weighted by molar-refractivity contribution is -0.159. The van der Waals surface area contributed by atoms with Gasteiger partial charge in [0, 0.05) is 25.4 Å². The van der Waals surface area contributed by atoms with Gasteiger partial charge in [-0.3, -0.25) is 14.4 Å². The number of esters is 1. The molecule has 3 aliphatic rings. The molecule has 3 saturated heterocycles. The monoisotopic (exact) mass is 526 g/mol. The molecule has 0 radical (unpaired) electrons. The Balaban J connectivity index is 1.73. The third-order valence-corrected chi connectivity index (χ3v) is 8.10. The minimum absolute atomic E-state index is 0.0174. The molecule has 1 aromatic rings. The van der Waals surface area contributed by atoms with E-state index in [4.69, 9.17) is 14.2 Å². The average molecular weight is 527 g/mol. The molecule has 5 atom stereocenters. The molecule has 0 aromatic heterocycles. The predicted molar refractivity (Wildman–Crippen MR) is 142 cm³/mol. The average Bonchev–Trinajstić information content (AvgIpc) is 3.48. The highest BCUT2D eigenvalue weighted by atomic mass is 16.6. The van der Waals surface area contributed by atoms with Gasteiger partial charge in [0.25, 0.3) is 5.91 Å². The number of methoxy groups -OCH3 is 1. The first kappa shape index (κ1) is 27.9. The van der Waals surface area contributed by atoms with Crippen molar-refractivity contribution < 1.29 is 33.7 Å². The van der Waals surface area contributed by atoms with Gasteiger partial charge < -0.3 is 29.1 Å². The third-order valence-electron chi connectivity index (χ3n) is 8.10. The fourth-order valence-corrected chi connectivity index (χ4v) is 6.39. The van der Waals surface area contributed by atoms with Gasteiger partial charge in [0.2, 0.25) is 5.91 Å². The van der Waals surface area contributed by atoms with Crippen molar-refractivity contribution in [3.05, 3.63) is 49.6 Å². The zero-order valence-electron chi connectivity index (χ0n) is 22.3. The number of aliphatic hydroxyl groups excluding tert-OH is 1. The zero-order valence-corrected chi connectivity index (χ0v) is 22.3. The number of carbonyl (C=O) groups excluding carboxylic acids is 3. The molecule has 1 spiro atoms. The molecule has 4 rings (SSSR count). The standard InChI is InChI=1S/C29H38N2O7/c1-5-7-19-37-27(35)23-22-25(33)31(17-8-9-18-32)24(29(22)15-14-28(23,3)38-29)26(34)30(16-6-2)20-10-12-21(36-4)13-11-20/h5-6,10-13,22-24,32H,1-2,7-9,14-19H2,3-4H3/t22-,23+,24?,28-,29?/m0/s1. The number of ether oxygens (including phenoxy) is 3. The van der Waals surface area contributed by atoms with Gasteiger partial charge in [-0.05, 0) is 63.3 Å². The van der Waals surface area contributed by atoms with Crippen LogP contribution in [0.5, 0.6) is 5.75 Å². The molecule has 9 heteroatoms. The summed E-state index contributed by atoms with van der Waals surface area (Å²) in [4.78, 5) is 44.9.